The minimum Gasteiger partial charge on any atom is -0.326 e. The lowest BCUT2D eigenvalue weighted by Gasteiger charge is -2.33. The predicted octanol–water partition coefficient (Wildman–Crippen LogP) is 4.92. The SMILES string of the molecule is C=CCN1C(=O)NC(c2ccc(C(C)C)cc2)C2=C1CN(C(C)c1ccccc1)C2=O. The first-order valence-corrected chi connectivity index (χ1v) is 10.8. The Kier molecular flexibility index (Phi) is 5.68. The fraction of sp³-hybridized carbons (Fsp3) is 0.308. The molecule has 2 aliphatic rings. The summed E-state index contributed by atoms with van der Waals surface area (Å²) in [6.45, 7) is 10.9. The summed E-state index contributed by atoms with van der Waals surface area (Å²) in [6, 6.07) is 17.4. The normalized spacial score (nSPS) is 19.5. The standard InChI is InChI=1S/C26H29N3O2/c1-5-15-28-22-16-29(18(4)20-9-7-6-8-10-20)25(30)23(22)24(27-26(28)31)21-13-11-19(12-14-21)17(2)3/h5-14,17-18,24H,1,15-16H2,2-4H3,(H,27,31). The van der Waals surface area contributed by atoms with Gasteiger partial charge in [-0.2, -0.15) is 0 Å². The minimum atomic E-state index is -0.453. The van der Waals surface area contributed by atoms with Crippen molar-refractivity contribution in [2.75, 3.05) is 13.1 Å². The number of nitrogens with one attached hydrogen (secondary N) is 1. The van der Waals surface area contributed by atoms with Crippen LogP contribution in [0.2, 0.25) is 0 Å². The molecule has 4 rings (SSSR count). The summed E-state index contributed by atoms with van der Waals surface area (Å²) in [7, 11) is 0. The third-order valence-electron chi connectivity index (χ3n) is 6.25. The van der Waals surface area contributed by atoms with E-state index in [9.17, 15) is 9.59 Å². The average molecular weight is 416 g/mol. The van der Waals surface area contributed by atoms with Crippen LogP contribution in [0.1, 0.15) is 55.5 Å². The van der Waals surface area contributed by atoms with E-state index in [0.717, 1.165) is 16.8 Å². The first-order valence-electron chi connectivity index (χ1n) is 10.8. The number of carbonyl (C=O) groups is 2. The molecule has 5 nitrogen and oxygen atoms in total. The third kappa shape index (κ3) is 3.76. The molecule has 1 N–H and O–H groups in total. The molecule has 5 heteroatoms. The average Bonchev–Trinajstić information content (AvgIpc) is 3.13. The Labute approximate surface area is 184 Å². The number of benzene rings is 2. The molecular weight excluding hydrogens is 386 g/mol. The quantitative estimate of drug-likeness (QED) is 0.681. The zero-order chi connectivity index (χ0) is 22.1. The molecule has 2 atom stereocenters. The smallest absolute Gasteiger partial charge is 0.322 e. The number of rotatable bonds is 6. The second-order valence-electron chi connectivity index (χ2n) is 8.48. The van der Waals surface area contributed by atoms with Crippen molar-refractivity contribution >= 4 is 11.9 Å². The summed E-state index contributed by atoms with van der Waals surface area (Å²) in [5, 5.41) is 3.05. The Morgan fingerprint density at radius 1 is 1.03 bits per heavy atom. The van der Waals surface area contributed by atoms with E-state index in [1.807, 2.05) is 54.3 Å². The number of carbonyl (C=O) groups excluding carboxylic acids is 2. The van der Waals surface area contributed by atoms with Crippen LogP contribution < -0.4 is 5.32 Å². The van der Waals surface area contributed by atoms with Crippen molar-refractivity contribution in [1.29, 1.82) is 0 Å². The molecule has 0 aromatic heterocycles. The molecular formula is C26H29N3O2. The summed E-state index contributed by atoms with van der Waals surface area (Å²) in [5.41, 5.74) is 4.65. The second-order valence-corrected chi connectivity index (χ2v) is 8.48. The number of urea groups is 1. The first kappa shape index (κ1) is 20.9. The molecule has 160 valence electrons. The van der Waals surface area contributed by atoms with Crippen LogP contribution in [0, 0.1) is 0 Å². The van der Waals surface area contributed by atoms with Crippen LogP contribution in [0.4, 0.5) is 4.79 Å². The molecule has 0 radical (unpaired) electrons. The monoisotopic (exact) mass is 415 g/mol. The van der Waals surface area contributed by atoms with Crippen LogP contribution in [0.3, 0.4) is 0 Å². The van der Waals surface area contributed by atoms with E-state index in [-0.39, 0.29) is 18.0 Å². The van der Waals surface area contributed by atoms with Crippen molar-refractivity contribution in [3.8, 4) is 0 Å². The Balaban J connectivity index is 1.72. The molecule has 0 spiro atoms. The van der Waals surface area contributed by atoms with E-state index >= 15 is 0 Å². The van der Waals surface area contributed by atoms with Crippen LogP contribution >= 0.6 is 0 Å². The van der Waals surface area contributed by atoms with Crippen LogP contribution in [-0.2, 0) is 4.79 Å². The van der Waals surface area contributed by atoms with Gasteiger partial charge in [0.15, 0.2) is 0 Å². The van der Waals surface area contributed by atoms with Gasteiger partial charge in [-0.1, -0.05) is 74.5 Å². The van der Waals surface area contributed by atoms with Crippen molar-refractivity contribution < 1.29 is 9.59 Å². The summed E-state index contributed by atoms with van der Waals surface area (Å²) >= 11 is 0. The maximum absolute atomic E-state index is 13.6. The molecule has 2 unspecified atom stereocenters. The van der Waals surface area contributed by atoms with Gasteiger partial charge in [0.25, 0.3) is 5.91 Å². The molecule has 2 aromatic rings. The number of amides is 3. The predicted molar refractivity (Wildman–Crippen MR) is 122 cm³/mol. The fourth-order valence-corrected chi connectivity index (χ4v) is 4.38. The molecule has 31 heavy (non-hydrogen) atoms. The Bertz CT molecular complexity index is 1020. The summed E-state index contributed by atoms with van der Waals surface area (Å²) in [4.78, 5) is 30.1. The summed E-state index contributed by atoms with van der Waals surface area (Å²) < 4.78 is 0. The van der Waals surface area contributed by atoms with Crippen molar-refractivity contribution in [2.24, 2.45) is 0 Å². The summed E-state index contributed by atoms with van der Waals surface area (Å²) in [5.74, 6) is 0.390. The van der Waals surface area contributed by atoms with Crippen LogP contribution in [0.15, 0.2) is 78.5 Å². The van der Waals surface area contributed by atoms with Crippen LogP contribution in [0.25, 0.3) is 0 Å². The fourth-order valence-electron chi connectivity index (χ4n) is 4.38. The molecule has 2 heterocycles. The number of hydrogen-bond donors (Lipinski definition) is 1. The van der Waals surface area contributed by atoms with Gasteiger partial charge in [0.2, 0.25) is 0 Å². The Morgan fingerprint density at radius 2 is 1.71 bits per heavy atom. The van der Waals surface area contributed by atoms with Gasteiger partial charge in [-0.25, -0.2) is 4.79 Å². The molecule has 0 saturated heterocycles. The van der Waals surface area contributed by atoms with Gasteiger partial charge >= 0.3 is 6.03 Å². The van der Waals surface area contributed by atoms with Gasteiger partial charge in [0.05, 0.1) is 29.9 Å². The van der Waals surface area contributed by atoms with Gasteiger partial charge in [0.1, 0.15) is 0 Å². The highest BCUT2D eigenvalue weighted by Crippen LogP contribution is 2.39. The lowest BCUT2D eigenvalue weighted by molar-refractivity contribution is -0.127. The highest BCUT2D eigenvalue weighted by atomic mass is 16.2. The van der Waals surface area contributed by atoms with Crippen LogP contribution in [-0.4, -0.2) is 34.8 Å². The van der Waals surface area contributed by atoms with Crippen molar-refractivity contribution in [3.05, 3.63) is 95.2 Å². The van der Waals surface area contributed by atoms with Gasteiger partial charge in [-0.15, -0.1) is 6.58 Å². The topological polar surface area (TPSA) is 52.7 Å². The Hall–Kier alpha value is -3.34. The van der Waals surface area contributed by atoms with Gasteiger partial charge in [0, 0.05) is 6.54 Å². The van der Waals surface area contributed by atoms with Crippen molar-refractivity contribution in [2.45, 2.75) is 38.8 Å². The molecule has 2 aromatic carbocycles. The largest absolute Gasteiger partial charge is 0.326 e. The van der Waals surface area contributed by atoms with Gasteiger partial charge in [-0.3, -0.25) is 9.69 Å². The second kappa shape index (κ2) is 8.42. The van der Waals surface area contributed by atoms with E-state index in [4.69, 9.17) is 0 Å². The Morgan fingerprint density at radius 3 is 2.32 bits per heavy atom. The maximum Gasteiger partial charge on any atom is 0.322 e. The molecule has 0 fully saturated rings. The minimum absolute atomic E-state index is 0.0293. The van der Waals surface area contributed by atoms with E-state index in [1.165, 1.54) is 5.56 Å². The van der Waals surface area contributed by atoms with E-state index in [2.05, 4.69) is 37.9 Å². The summed E-state index contributed by atoms with van der Waals surface area (Å²) in [6.07, 6.45) is 1.69. The zero-order valence-corrected chi connectivity index (χ0v) is 18.3. The van der Waals surface area contributed by atoms with Gasteiger partial charge in [-0.05, 0) is 29.5 Å². The van der Waals surface area contributed by atoms with Crippen LogP contribution in [0.5, 0.6) is 0 Å². The number of hydrogen-bond acceptors (Lipinski definition) is 2. The molecule has 0 saturated carbocycles. The van der Waals surface area contributed by atoms with Crippen molar-refractivity contribution in [1.82, 2.24) is 15.1 Å². The molecule has 0 bridgehead atoms. The maximum atomic E-state index is 13.6. The molecule has 3 amide bonds. The highest BCUT2D eigenvalue weighted by Gasteiger charge is 2.45. The van der Waals surface area contributed by atoms with Gasteiger partial charge < -0.3 is 10.2 Å². The third-order valence-corrected chi connectivity index (χ3v) is 6.25. The molecule has 2 aliphatic heterocycles. The lowest BCUT2D eigenvalue weighted by Crippen LogP contribution is -2.47. The zero-order valence-electron chi connectivity index (χ0n) is 18.3. The van der Waals surface area contributed by atoms with E-state index < -0.39 is 6.04 Å². The molecule has 0 aliphatic carbocycles. The van der Waals surface area contributed by atoms with E-state index in [1.54, 1.807) is 11.0 Å². The first-order chi connectivity index (χ1) is 14.9. The lowest BCUT2D eigenvalue weighted by atomic mass is 9.93. The van der Waals surface area contributed by atoms with E-state index in [0.29, 0.717) is 24.6 Å². The van der Waals surface area contributed by atoms with Crippen molar-refractivity contribution in [3.63, 3.8) is 0 Å². The highest BCUT2D eigenvalue weighted by molar-refractivity contribution is 6.01. The number of nitrogens with zero attached hydrogens (tertiary/aromatic N) is 2.